The van der Waals surface area contributed by atoms with E-state index in [-0.39, 0.29) is 0 Å². The molecule has 8 aromatic rings. The van der Waals surface area contributed by atoms with Crippen LogP contribution in [-0.4, -0.2) is 9.97 Å². The maximum Gasteiger partial charge on any atom is 0.160 e. The summed E-state index contributed by atoms with van der Waals surface area (Å²) < 4.78 is 0. The van der Waals surface area contributed by atoms with Gasteiger partial charge >= 0.3 is 0 Å². The highest BCUT2D eigenvalue weighted by molar-refractivity contribution is 5.98. The van der Waals surface area contributed by atoms with Crippen molar-refractivity contribution in [2.24, 2.45) is 0 Å². The van der Waals surface area contributed by atoms with E-state index in [2.05, 4.69) is 146 Å². The lowest BCUT2D eigenvalue weighted by Crippen LogP contribution is -2.02. The summed E-state index contributed by atoms with van der Waals surface area (Å²) in [7, 11) is 0. The van der Waals surface area contributed by atoms with Crippen molar-refractivity contribution in [3.8, 4) is 56.2 Å². The van der Waals surface area contributed by atoms with E-state index in [4.69, 9.17) is 9.97 Å². The first-order valence-corrected chi connectivity index (χ1v) is 17.3. The highest BCUT2D eigenvalue weighted by Gasteiger charge is 2.32. The molecule has 10 rings (SSSR count). The van der Waals surface area contributed by atoms with Gasteiger partial charge in [-0.2, -0.15) is 0 Å². The van der Waals surface area contributed by atoms with Crippen molar-refractivity contribution in [3.05, 3.63) is 193 Å². The third kappa shape index (κ3) is 4.88. The second-order valence-electron chi connectivity index (χ2n) is 13.4. The fourth-order valence-electron chi connectivity index (χ4n) is 7.91. The maximum absolute atomic E-state index is 5.01. The molecule has 2 nitrogen and oxygen atoms in total. The standard InChI is InChI=1S/C48H32N2/c1-3-10-32(11-4-1)45-30-46(50-48(49-45)34-12-5-2-6-13-34)33-20-18-31(19-21-33)35-22-23-37-27-38(25-24-36(37)26-35)40-28-39-14-9-17-43-41-15-7-8-16-42(41)44(29-40)47(39)43/h1-30,41-42H. The van der Waals surface area contributed by atoms with Gasteiger partial charge in [0, 0.05) is 28.5 Å². The topological polar surface area (TPSA) is 25.8 Å². The van der Waals surface area contributed by atoms with Gasteiger partial charge in [0.1, 0.15) is 0 Å². The second kappa shape index (κ2) is 11.6. The predicted octanol–water partition coefficient (Wildman–Crippen LogP) is 12.4. The fourth-order valence-corrected chi connectivity index (χ4v) is 7.91. The maximum atomic E-state index is 5.01. The Kier molecular flexibility index (Phi) is 6.67. The molecule has 0 saturated heterocycles. The SMILES string of the molecule is C1=CC2c3cccc4cc(-c5ccc6cc(-c7ccc(-c8cc(-c9ccccc9)nc(-c9ccccc9)n8)cc7)ccc6c5)cc(c34)C2C=C1. The molecular weight excluding hydrogens is 605 g/mol. The first-order chi connectivity index (χ1) is 24.7. The molecule has 0 bridgehead atoms. The molecule has 2 unspecified atom stereocenters. The third-order valence-electron chi connectivity index (χ3n) is 10.4. The van der Waals surface area contributed by atoms with Crippen LogP contribution in [0.3, 0.4) is 0 Å². The smallest absolute Gasteiger partial charge is 0.160 e. The Labute approximate surface area is 291 Å². The Morgan fingerprint density at radius 2 is 0.880 bits per heavy atom. The number of rotatable bonds is 5. The molecule has 7 aromatic carbocycles. The van der Waals surface area contributed by atoms with Gasteiger partial charge in [-0.15, -0.1) is 0 Å². The van der Waals surface area contributed by atoms with E-state index in [0.717, 1.165) is 33.9 Å². The van der Waals surface area contributed by atoms with Gasteiger partial charge in [-0.3, -0.25) is 0 Å². The molecule has 0 fully saturated rings. The van der Waals surface area contributed by atoms with Crippen molar-refractivity contribution >= 4 is 21.5 Å². The van der Waals surface area contributed by atoms with Crippen LogP contribution in [0.25, 0.3) is 77.7 Å². The Bertz CT molecular complexity index is 2580. The van der Waals surface area contributed by atoms with E-state index in [1.54, 1.807) is 0 Å². The molecule has 0 N–H and O–H groups in total. The van der Waals surface area contributed by atoms with Crippen LogP contribution in [-0.2, 0) is 0 Å². The summed E-state index contributed by atoms with van der Waals surface area (Å²) in [5.41, 5.74) is 12.8. The van der Waals surface area contributed by atoms with E-state index in [9.17, 15) is 0 Å². The van der Waals surface area contributed by atoms with Crippen LogP contribution in [0.4, 0.5) is 0 Å². The number of allylic oxidation sites excluding steroid dienone is 4. The molecule has 2 aliphatic rings. The van der Waals surface area contributed by atoms with Crippen molar-refractivity contribution in [1.29, 1.82) is 0 Å². The van der Waals surface area contributed by atoms with Gasteiger partial charge in [0.05, 0.1) is 11.4 Å². The molecule has 0 saturated carbocycles. The zero-order valence-electron chi connectivity index (χ0n) is 27.4. The average Bonchev–Trinajstić information content (AvgIpc) is 3.52. The Morgan fingerprint density at radius 1 is 0.340 bits per heavy atom. The first-order valence-electron chi connectivity index (χ1n) is 17.3. The van der Waals surface area contributed by atoms with E-state index >= 15 is 0 Å². The molecule has 0 spiro atoms. The monoisotopic (exact) mass is 636 g/mol. The van der Waals surface area contributed by atoms with Gasteiger partial charge < -0.3 is 0 Å². The average molecular weight is 637 g/mol. The van der Waals surface area contributed by atoms with Gasteiger partial charge in [-0.1, -0.05) is 152 Å². The molecule has 234 valence electrons. The lowest BCUT2D eigenvalue weighted by atomic mass is 9.86. The van der Waals surface area contributed by atoms with Gasteiger partial charge in [0.15, 0.2) is 5.82 Å². The second-order valence-corrected chi connectivity index (χ2v) is 13.4. The van der Waals surface area contributed by atoms with Crippen LogP contribution in [0.5, 0.6) is 0 Å². The molecule has 50 heavy (non-hydrogen) atoms. The largest absolute Gasteiger partial charge is 0.228 e. The van der Waals surface area contributed by atoms with Crippen molar-refractivity contribution in [2.45, 2.75) is 11.8 Å². The van der Waals surface area contributed by atoms with Crippen LogP contribution in [0, 0.1) is 0 Å². The van der Waals surface area contributed by atoms with Crippen molar-refractivity contribution < 1.29 is 0 Å². The van der Waals surface area contributed by atoms with Crippen molar-refractivity contribution in [1.82, 2.24) is 9.97 Å². The lowest BCUT2D eigenvalue weighted by Gasteiger charge is -2.17. The van der Waals surface area contributed by atoms with E-state index < -0.39 is 0 Å². The molecule has 1 heterocycles. The molecule has 2 aliphatic carbocycles. The van der Waals surface area contributed by atoms with Crippen molar-refractivity contribution in [3.63, 3.8) is 0 Å². The molecular formula is C48H32N2. The minimum absolute atomic E-state index is 0.417. The van der Waals surface area contributed by atoms with Gasteiger partial charge in [-0.05, 0) is 85.3 Å². The minimum atomic E-state index is 0.417. The summed E-state index contributed by atoms with van der Waals surface area (Å²) in [6, 6.07) is 56.6. The zero-order valence-corrected chi connectivity index (χ0v) is 27.4. The van der Waals surface area contributed by atoms with E-state index in [1.165, 1.54) is 54.9 Å². The fraction of sp³-hybridized carbons (Fsp3) is 0.0417. The number of fused-ring (bicyclic) bond motifs is 4. The number of hydrogen-bond donors (Lipinski definition) is 0. The normalized spacial score (nSPS) is 15.8. The molecule has 2 atom stereocenters. The van der Waals surface area contributed by atoms with Crippen molar-refractivity contribution in [2.75, 3.05) is 0 Å². The predicted molar refractivity (Wildman–Crippen MR) is 208 cm³/mol. The minimum Gasteiger partial charge on any atom is -0.228 e. The van der Waals surface area contributed by atoms with Crippen LogP contribution < -0.4 is 0 Å². The van der Waals surface area contributed by atoms with Gasteiger partial charge in [-0.25, -0.2) is 9.97 Å². The van der Waals surface area contributed by atoms with Gasteiger partial charge in [0.25, 0.3) is 0 Å². The summed E-state index contributed by atoms with van der Waals surface area (Å²) >= 11 is 0. The molecule has 0 amide bonds. The van der Waals surface area contributed by atoms with Crippen LogP contribution >= 0.6 is 0 Å². The third-order valence-corrected chi connectivity index (χ3v) is 10.4. The van der Waals surface area contributed by atoms with E-state index in [1.807, 2.05) is 36.4 Å². The van der Waals surface area contributed by atoms with Crippen LogP contribution in [0.2, 0.25) is 0 Å². The first kappa shape index (κ1) is 28.6. The summed E-state index contributed by atoms with van der Waals surface area (Å²) in [6.07, 6.45) is 9.13. The molecule has 2 heteroatoms. The molecule has 0 aliphatic heterocycles. The zero-order chi connectivity index (χ0) is 33.0. The summed E-state index contributed by atoms with van der Waals surface area (Å²) in [5.74, 6) is 1.59. The van der Waals surface area contributed by atoms with Crippen LogP contribution in [0.1, 0.15) is 23.0 Å². The number of hydrogen-bond acceptors (Lipinski definition) is 2. The quantitative estimate of drug-likeness (QED) is 0.188. The summed E-state index contributed by atoms with van der Waals surface area (Å²) in [4.78, 5) is 9.95. The van der Waals surface area contributed by atoms with Crippen LogP contribution in [0.15, 0.2) is 182 Å². The summed E-state index contributed by atoms with van der Waals surface area (Å²) in [6.45, 7) is 0. The number of benzene rings is 7. The molecule has 1 aromatic heterocycles. The van der Waals surface area contributed by atoms with Gasteiger partial charge in [0.2, 0.25) is 0 Å². The highest BCUT2D eigenvalue weighted by atomic mass is 14.9. The number of nitrogens with zero attached hydrogens (tertiary/aromatic N) is 2. The van der Waals surface area contributed by atoms with E-state index in [0.29, 0.717) is 11.8 Å². The Hall–Kier alpha value is -6.38. The number of aromatic nitrogens is 2. The Balaban J connectivity index is 0.972. The Morgan fingerprint density at radius 3 is 1.56 bits per heavy atom. The highest BCUT2D eigenvalue weighted by Crippen LogP contribution is 2.50. The molecule has 0 radical (unpaired) electrons. The lowest BCUT2D eigenvalue weighted by molar-refractivity contribution is 0.769. The summed E-state index contributed by atoms with van der Waals surface area (Å²) in [5, 5.41) is 5.25.